The molecule has 0 aliphatic heterocycles. The van der Waals surface area contributed by atoms with E-state index in [9.17, 15) is 0 Å². The van der Waals surface area contributed by atoms with Crippen molar-refractivity contribution in [1.82, 2.24) is 15.3 Å². The van der Waals surface area contributed by atoms with Crippen molar-refractivity contribution in [1.29, 1.82) is 0 Å². The van der Waals surface area contributed by atoms with Crippen molar-refractivity contribution in [3.8, 4) is 0 Å². The minimum Gasteiger partial charge on any atom is -0.305 e. The summed E-state index contributed by atoms with van der Waals surface area (Å²) >= 11 is 1.78. The van der Waals surface area contributed by atoms with Crippen LogP contribution in [0.5, 0.6) is 0 Å². The summed E-state index contributed by atoms with van der Waals surface area (Å²) in [6.07, 6.45) is 6.41. The Morgan fingerprint density at radius 1 is 1.25 bits per heavy atom. The highest BCUT2D eigenvalue weighted by atomic mass is 32.1. The number of aromatic nitrogens is 2. The van der Waals surface area contributed by atoms with Gasteiger partial charge in [0.15, 0.2) is 0 Å². The lowest BCUT2D eigenvalue weighted by atomic mass is 10.0. The molecule has 3 rings (SSSR count). The van der Waals surface area contributed by atoms with E-state index in [4.69, 9.17) is 0 Å². The Morgan fingerprint density at radius 2 is 2.20 bits per heavy atom. The van der Waals surface area contributed by atoms with E-state index in [0.717, 1.165) is 18.7 Å². The molecule has 3 nitrogen and oxygen atoms in total. The highest BCUT2D eigenvalue weighted by Crippen LogP contribution is 2.31. The minimum absolute atomic E-state index is 0.103. The number of benzene rings is 1. The maximum absolute atomic E-state index is 4.48. The van der Waals surface area contributed by atoms with Gasteiger partial charge in [0.25, 0.3) is 0 Å². The average Bonchev–Trinajstić information content (AvgIpc) is 2.98. The van der Waals surface area contributed by atoms with Crippen molar-refractivity contribution in [3.05, 3.63) is 59.5 Å². The van der Waals surface area contributed by atoms with Gasteiger partial charge in [-0.2, -0.15) is 0 Å². The summed E-state index contributed by atoms with van der Waals surface area (Å²) in [5, 5.41) is 7.02. The Balaban J connectivity index is 2.07. The van der Waals surface area contributed by atoms with Crippen LogP contribution in [-0.4, -0.2) is 16.5 Å². The van der Waals surface area contributed by atoms with E-state index < -0.39 is 0 Å². The van der Waals surface area contributed by atoms with Crippen LogP contribution in [0.25, 0.3) is 10.1 Å². The molecule has 2 aromatic heterocycles. The fraction of sp³-hybridized carbons (Fsp3) is 0.250. The van der Waals surface area contributed by atoms with Crippen molar-refractivity contribution >= 4 is 21.4 Å². The zero-order valence-corrected chi connectivity index (χ0v) is 12.2. The van der Waals surface area contributed by atoms with E-state index in [0.29, 0.717) is 0 Å². The first kappa shape index (κ1) is 13.2. The highest BCUT2D eigenvalue weighted by molar-refractivity contribution is 7.17. The summed E-state index contributed by atoms with van der Waals surface area (Å²) in [6, 6.07) is 8.72. The molecule has 1 aromatic carbocycles. The Morgan fingerprint density at radius 3 is 3.00 bits per heavy atom. The monoisotopic (exact) mass is 283 g/mol. The summed E-state index contributed by atoms with van der Waals surface area (Å²) in [5.74, 6) is 0. The van der Waals surface area contributed by atoms with Crippen molar-refractivity contribution in [3.63, 3.8) is 0 Å². The molecule has 1 N–H and O–H groups in total. The van der Waals surface area contributed by atoms with Gasteiger partial charge in [0, 0.05) is 17.1 Å². The van der Waals surface area contributed by atoms with Gasteiger partial charge in [0.1, 0.15) is 0 Å². The summed E-state index contributed by atoms with van der Waals surface area (Å²) < 4.78 is 1.33. The van der Waals surface area contributed by atoms with Crippen LogP contribution in [0.2, 0.25) is 0 Å². The quantitative estimate of drug-likeness (QED) is 0.774. The molecule has 102 valence electrons. The number of rotatable bonds is 5. The first-order chi connectivity index (χ1) is 9.90. The molecule has 1 atom stereocenters. The normalized spacial score (nSPS) is 12.7. The van der Waals surface area contributed by atoms with Gasteiger partial charge in [-0.15, -0.1) is 11.3 Å². The second kappa shape index (κ2) is 6.11. The van der Waals surface area contributed by atoms with E-state index in [1.807, 2.05) is 6.20 Å². The van der Waals surface area contributed by atoms with Gasteiger partial charge >= 0.3 is 0 Å². The van der Waals surface area contributed by atoms with Crippen LogP contribution in [-0.2, 0) is 0 Å². The molecule has 0 bridgehead atoms. The van der Waals surface area contributed by atoms with E-state index in [1.165, 1.54) is 15.6 Å². The maximum atomic E-state index is 4.48. The molecule has 4 heteroatoms. The predicted molar refractivity (Wildman–Crippen MR) is 84.0 cm³/mol. The molecule has 0 radical (unpaired) electrons. The fourth-order valence-corrected chi connectivity index (χ4v) is 3.31. The smallest absolute Gasteiger partial charge is 0.0802 e. The molecule has 0 fully saturated rings. The number of thiophene rings is 1. The molecule has 0 amide bonds. The van der Waals surface area contributed by atoms with Crippen LogP contribution < -0.4 is 5.32 Å². The number of hydrogen-bond donors (Lipinski definition) is 1. The third-order valence-electron chi connectivity index (χ3n) is 3.30. The largest absolute Gasteiger partial charge is 0.305 e. The first-order valence-electron chi connectivity index (χ1n) is 6.85. The summed E-state index contributed by atoms with van der Waals surface area (Å²) in [7, 11) is 0. The third kappa shape index (κ3) is 2.57. The zero-order chi connectivity index (χ0) is 13.8. The van der Waals surface area contributed by atoms with Crippen LogP contribution in [0.15, 0.2) is 48.2 Å². The molecule has 2 heterocycles. The number of nitrogens with one attached hydrogen (secondary N) is 1. The van der Waals surface area contributed by atoms with Crippen molar-refractivity contribution in [2.75, 3.05) is 6.54 Å². The molecule has 0 saturated carbocycles. The SMILES string of the molecule is CCCNC(c1cnccn1)c1cccc2ccsc12. The lowest BCUT2D eigenvalue weighted by Gasteiger charge is -2.19. The van der Waals surface area contributed by atoms with Gasteiger partial charge in [-0.3, -0.25) is 9.97 Å². The number of fused-ring (bicyclic) bond motifs is 1. The van der Waals surface area contributed by atoms with E-state index in [2.05, 4.69) is 51.9 Å². The molecule has 20 heavy (non-hydrogen) atoms. The highest BCUT2D eigenvalue weighted by Gasteiger charge is 2.17. The molecule has 0 saturated heterocycles. The topological polar surface area (TPSA) is 37.8 Å². The van der Waals surface area contributed by atoms with Crippen molar-refractivity contribution < 1.29 is 0 Å². The summed E-state index contributed by atoms with van der Waals surface area (Å²) in [6.45, 7) is 3.13. The van der Waals surface area contributed by atoms with E-state index >= 15 is 0 Å². The van der Waals surface area contributed by atoms with Gasteiger partial charge in [0.2, 0.25) is 0 Å². The van der Waals surface area contributed by atoms with Gasteiger partial charge in [-0.25, -0.2) is 0 Å². The lowest BCUT2D eigenvalue weighted by molar-refractivity contribution is 0.588. The predicted octanol–water partition coefficient (Wildman–Crippen LogP) is 3.78. The van der Waals surface area contributed by atoms with E-state index in [1.54, 1.807) is 23.7 Å². The molecular formula is C16H17N3S. The molecule has 3 aromatic rings. The molecule has 0 spiro atoms. The Bertz CT molecular complexity index is 678. The van der Waals surface area contributed by atoms with Gasteiger partial charge < -0.3 is 5.32 Å². The second-order valence-corrected chi connectivity index (χ2v) is 5.62. The molecule has 0 aliphatic rings. The Kier molecular flexibility index (Phi) is 4.04. The van der Waals surface area contributed by atoms with Crippen LogP contribution in [0.3, 0.4) is 0 Å². The van der Waals surface area contributed by atoms with Gasteiger partial charge in [-0.05, 0) is 35.4 Å². The van der Waals surface area contributed by atoms with Crippen LogP contribution in [0, 0.1) is 0 Å². The van der Waals surface area contributed by atoms with Crippen LogP contribution >= 0.6 is 11.3 Å². The Labute approximate surface area is 122 Å². The number of hydrogen-bond acceptors (Lipinski definition) is 4. The third-order valence-corrected chi connectivity index (χ3v) is 4.28. The summed E-state index contributed by atoms with van der Waals surface area (Å²) in [4.78, 5) is 8.69. The average molecular weight is 283 g/mol. The molecule has 1 unspecified atom stereocenters. The zero-order valence-electron chi connectivity index (χ0n) is 11.4. The standard InChI is InChI=1S/C16H17N3S/c1-2-7-19-15(14-11-17-8-9-18-14)13-5-3-4-12-6-10-20-16(12)13/h3-6,8-11,15,19H,2,7H2,1H3. The Hall–Kier alpha value is -1.78. The summed E-state index contributed by atoms with van der Waals surface area (Å²) in [5.41, 5.74) is 2.26. The molecular weight excluding hydrogens is 266 g/mol. The molecule has 0 aliphatic carbocycles. The van der Waals surface area contributed by atoms with Gasteiger partial charge in [-0.1, -0.05) is 25.1 Å². The van der Waals surface area contributed by atoms with Gasteiger partial charge in [0.05, 0.1) is 17.9 Å². The van der Waals surface area contributed by atoms with Crippen LogP contribution in [0.4, 0.5) is 0 Å². The second-order valence-electron chi connectivity index (χ2n) is 4.70. The minimum atomic E-state index is 0.103. The number of nitrogens with zero attached hydrogens (tertiary/aromatic N) is 2. The van der Waals surface area contributed by atoms with Crippen molar-refractivity contribution in [2.45, 2.75) is 19.4 Å². The lowest BCUT2D eigenvalue weighted by Crippen LogP contribution is -2.24. The van der Waals surface area contributed by atoms with E-state index in [-0.39, 0.29) is 6.04 Å². The first-order valence-corrected chi connectivity index (χ1v) is 7.73. The maximum Gasteiger partial charge on any atom is 0.0802 e. The van der Waals surface area contributed by atoms with Crippen molar-refractivity contribution in [2.24, 2.45) is 0 Å². The van der Waals surface area contributed by atoms with Crippen LogP contribution in [0.1, 0.15) is 30.6 Å². The fourth-order valence-electron chi connectivity index (χ4n) is 2.37.